The van der Waals surface area contributed by atoms with Crippen LogP contribution in [0.15, 0.2) is 48.5 Å². The van der Waals surface area contributed by atoms with Crippen molar-refractivity contribution in [3.8, 4) is 6.07 Å². The lowest BCUT2D eigenvalue weighted by molar-refractivity contribution is 0.0970. The quantitative estimate of drug-likeness (QED) is 0.797. The zero-order valence-electron chi connectivity index (χ0n) is 14.0. The number of carbonyl (C=O) groups excluding carboxylic acids is 1. The Morgan fingerprint density at radius 3 is 2.80 bits per heavy atom. The molecule has 2 aromatic carbocycles. The third-order valence-electron chi connectivity index (χ3n) is 5.98. The fourth-order valence-corrected chi connectivity index (χ4v) is 4.97. The Morgan fingerprint density at radius 1 is 1.16 bits per heavy atom. The summed E-state index contributed by atoms with van der Waals surface area (Å²) in [7, 11) is 0. The van der Waals surface area contributed by atoms with E-state index in [1.54, 1.807) is 0 Å². The van der Waals surface area contributed by atoms with Crippen LogP contribution in [0, 0.1) is 17.2 Å². The normalized spacial score (nSPS) is 28.2. The third-order valence-corrected chi connectivity index (χ3v) is 5.98. The van der Waals surface area contributed by atoms with Crippen LogP contribution in [0.1, 0.15) is 39.9 Å². The maximum absolute atomic E-state index is 13.2. The first kappa shape index (κ1) is 14.5. The van der Waals surface area contributed by atoms with Gasteiger partial charge in [-0.2, -0.15) is 5.26 Å². The molecule has 0 N–H and O–H groups in total. The standard InChI is InChI=1S/C22H18N2O/c1-2-13-6-5-7-14-10-11-18-17(12-23)19-15-8-3-4-9-16(15)22(25)21(19)24(18)20(13)14/h3-11,17-19,21H,2H2,1H3/t17-,18+,19+,21-/m0/s1. The smallest absolute Gasteiger partial charge is 0.186 e. The number of hydrogen-bond donors (Lipinski definition) is 0. The topological polar surface area (TPSA) is 44.1 Å². The molecule has 5 rings (SSSR count). The van der Waals surface area contributed by atoms with Gasteiger partial charge in [-0.15, -0.1) is 0 Å². The van der Waals surface area contributed by atoms with Crippen LogP contribution in [0.5, 0.6) is 0 Å². The average molecular weight is 326 g/mol. The van der Waals surface area contributed by atoms with Crippen LogP contribution in [0.4, 0.5) is 5.69 Å². The number of rotatable bonds is 1. The molecule has 2 aliphatic heterocycles. The number of aryl methyl sites for hydroxylation is 1. The lowest BCUT2D eigenvalue weighted by Gasteiger charge is -2.35. The summed E-state index contributed by atoms with van der Waals surface area (Å²) >= 11 is 0. The molecule has 0 radical (unpaired) electrons. The molecule has 0 saturated carbocycles. The SMILES string of the molecule is CCc1cccc2c1N1[C@H](C=C2)[C@H](C#N)[C@H]2c3ccccc3C(=O)[C@H]21. The zero-order chi connectivity index (χ0) is 17.1. The predicted molar refractivity (Wildman–Crippen MR) is 97.5 cm³/mol. The summed E-state index contributed by atoms with van der Waals surface area (Å²) in [4.78, 5) is 15.5. The molecule has 3 aliphatic rings. The van der Waals surface area contributed by atoms with Gasteiger partial charge in [0.05, 0.1) is 18.0 Å². The Morgan fingerprint density at radius 2 is 2.00 bits per heavy atom. The van der Waals surface area contributed by atoms with E-state index in [4.69, 9.17) is 0 Å². The van der Waals surface area contributed by atoms with Crippen LogP contribution in [-0.4, -0.2) is 17.9 Å². The number of Topliss-reactive ketones (excluding diaryl/α,β-unsaturated/α-hetero) is 1. The highest BCUT2D eigenvalue weighted by Crippen LogP contribution is 2.53. The van der Waals surface area contributed by atoms with E-state index in [1.165, 1.54) is 5.56 Å². The van der Waals surface area contributed by atoms with Crippen molar-refractivity contribution >= 4 is 17.5 Å². The summed E-state index contributed by atoms with van der Waals surface area (Å²) in [6.45, 7) is 2.14. The van der Waals surface area contributed by atoms with Crippen LogP contribution in [0.2, 0.25) is 0 Å². The van der Waals surface area contributed by atoms with Gasteiger partial charge in [-0.05, 0) is 23.1 Å². The van der Waals surface area contributed by atoms with Gasteiger partial charge in [0.2, 0.25) is 0 Å². The Bertz CT molecular complexity index is 968. The molecule has 1 saturated heterocycles. The van der Waals surface area contributed by atoms with Crippen LogP contribution in [0.3, 0.4) is 0 Å². The zero-order valence-corrected chi connectivity index (χ0v) is 14.0. The van der Waals surface area contributed by atoms with Crippen molar-refractivity contribution in [2.24, 2.45) is 5.92 Å². The summed E-state index contributed by atoms with van der Waals surface area (Å²) < 4.78 is 0. The van der Waals surface area contributed by atoms with Gasteiger partial charge in [-0.1, -0.05) is 61.5 Å². The van der Waals surface area contributed by atoms with E-state index in [1.807, 2.05) is 24.3 Å². The van der Waals surface area contributed by atoms with Crippen LogP contribution >= 0.6 is 0 Å². The second-order valence-electron chi connectivity index (χ2n) is 7.04. The average Bonchev–Trinajstić information content (AvgIpc) is 3.14. The van der Waals surface area contributed by atoms with Crippen molar-refractivity contribution in [1.29, 1.82) is 5.26 Å². The fraction of sp³-hybridized carbons (Fsp3) is 0.273. The Hall–Kier alpha value is -2.86. The Balaban J connectivity index is 1.76. The van der Waals surface area contributed by atoms with Crippen LogP contribution < -0.4 is 4.90 Å². The van der Waals surface area contributed by atoms with Gasteiger partial charge in [-0.25, -0.2) is 0 Å². The van der Waals surface area contributed by atoms with E-state index in [0.717, 1.165) is 28.8 Å². The van der Waals surface area contributed by atoms with Gasteiger partial charge in [0, 0.05) is 17.2 Å². The van der Waals surface area contributed by atoms with Gasteiger partial charge in [0.1, 0.15) is 6.04 Å². The van der Waals surface area contributed by atoms with E-state index >= 15 is 0 Å². The molecule has 0 amide bonds. The Kier molecular flexibility index (Phi) is 2.93. The molecule has 2 heterocycles. The van der Waals surface area contributed by atoms with Crippen molar-refractivity contribution < 1.29 is 4.79 Å². The lowest BCUT2D eigenvalue weighted by atomic mass is 9.85. The molecular formula is C22H18N2O. The van der Waals surface area contributed by atoms with Gasteiger partial charge in [0.15, 0.2) is 5.78 Å². The molecule has 4 atom stereocenters. The van der Waals surface area contributed by atoms with Gasteiger partial charge < -0.3 is 4.90 Å². The molecule has 3 nitrogen and oxygen atoms in total. The number of hydrogen-bond acceptors (Lipinski definition) is 3. The van der Waals surface area contributed by atoms with Crippen molar-refractivity contribution in [3.05, 3.63) is 70.8 Å². The van der Waals surface area contributed by atoms with Crippen molar-refractivity contribution in [3.63, 3.8) is 0 Å². The molecule has 122 valence electrons. The van der Waals surface area contributed by atoms with Crippen LogP contribution in [0.25, 0.3) is 6.08 Å². The van der Waals surface area contributed by atoms with Crippen molar-refractivity contribution in [2.45, 2.75) is 31.3 Å². The lowest BCUT2D eigenvalue weighted by Crippen LogP contribution is -2.42. The fourth-order valence-electron chi connectivity index (χ4n) is 4.97. The number of para-hydroxylation sites is 1. The van der Waals surface area contributed by atoms with E-state index in [-0.39, 0.29) is 29.7 Å². The summed E-state index contributed by atoms with van der Waals surface area (Å²) in [6.07, 6.45) is 5.15. The van der Waals surface area contributed by atoms with Gasteiger partial charge >= 0.3 is 0 Å². The maximum atomic E-state index is 13.2. The first-order valence-corrected chi connectivity index (χ1v) is 8.87. The molecular weight excluding hydrogens is 308 g/mol. The minimum atomic E-state index is -0.261. The summed E-state index contributed by atoms with van der Waals surface area (Å²) in [5.74, 6) is -0.0818. The van der Waals surface area contributed by atoms with Gasteiger partial charge in [0.25, 0.3) is 0 Å². The second-order valence-corrected chi connectivity index (χ2v) is 7.04. The molecule has 3 heteroatoms. The highest BCUT2D eigenvalue weighted by atomic mass is 16.1. The van der Waals surface area contributed by atoms with Crippen molar-refractivity contribution in [1.82, 2.24) is 0 Å². The summed E-state index contributed by atoms with van der Waals surface area (Å²) in [5.41, 5.74) is 5.37. The largest absolute Gasteiger partial charge is 0.352 e. The van der Waals surface area contributed by atoms with E-state index in [9.17, 15) is 10.1 Å². The Labute approximate surface area is 147 Å². The number of fused-ring (bicyclic) bond motifs is 7. The minimum Gasteiger partial charge on any atom is -0.352 e. The third kappa shape index (κ3) is 1.72. The van der Waals surface area contributed by atoms with E-state index in [2.05, 4.69) is 48.2 Å². The van der Waals surface area contributed by atoms with Crippen molar-refractivity contribution in [2.75, 3.05) is 4.90 Å². The number of benzene rings is 2. The number of ketones is 1. The first-order chi connectivity index (χ1) is 12.3. The predicted octanol–water partition coefficient (Wildman–Crippen LogP) is 3.95. The molecule has 0 spiro atoms. The second kappa shape index (κ2) is 5.07. The minimum absolute atomic E-state index is 0.0301. The number of carbonyl (C=O) groups is 1. The number of nitriles is 1. The van der Waals surface area contributed by atoms with Crippen LogP contribution in [-0.2, 0) is 6.42 Å². The summed E-state index contributed by atoms with van der Waals surface area (Å²) in [6, 6.07) is 16.4. The molecule has 1 fully saturated rings. The monoisotopic (exact) mass is 326 g/mol. The molecule has 1 aliphatic carbocycles. The highest BCUT2D eigenvalue weighted by molar-refractivity contribution is 6.09. The summed E-state index contributed by atoms with van der Waals surface area (Å²) in [5, 5.41) is 9.92. The van der Waals surface area contributed by atoms with Gasteiger partial charge in [-0.3, -0.25) is 4.79 Å². The first-order valence-electron chi connectivity index (χ1n) is 8.87. The van der Waals surface area contributed by atoms with E-state index < -0.39 is 0 Å². The molecule has 0 unspecified atom stereocenters. The maximum Gasteiger partial charge on any atom is 0.186 e. The molecule has 25 heavy (non-hydrogen) atoms. The molecule has 2 aromatic rings. The number of anilines is 1. The molecule has 0 aromatic heterocycles. The highest BCUT2D eigenvalue weighted by Gasteiger charge is 2.57. The van der Waals surface area contributed by atoms with E-state index in [0.29, 0.717) is 0 Å². The molecule has 0 bridgehead atoms. The number of nitrogens with zero attached hydrogens (tertiary/aromatic N) is 2.